The van der Waals surface area contributed by atoms with Crippen molar-refractivity contribution in [1.29, 1.82) is 0 Å². The predicted octanol–water partition coefficient (Wildman–Crippen LogP) is 1.48. The van der Waals surface area contributed by atoms with Crippen molar-refractivity contribution < 1.29 is 4.79 Å². The second kappa shape index (κ2) is 4.86. The Labute approximate surface area is 99.6 Å². The van der Waals surface area contributed by atoms with E-state index in [0.29, 0.717) is 11.1 Å². The fourth-order valence-electron chi connectivity index (χ4n) is 1.70. The van der Waals surface area contributed by atoms with Crippen LogP contribution < -0.4 is 11.2 Å². The van der Waals surface area contributed by atoms with Crippen LogP contribution in [0, 0.1) is 0 Å². The van der Waals surface area contributed by atoms with Gasteiger partial charge in [0.15, 0.2) is 0 Å². The van der Waals surface area contributed by atoms with E-state index >= 15 is 0 Å². The normalized spacial score (nSPS) is 10.6. The molecule has 1 heterocycles. The van der Waals surface area contributed by atoms with Gasteiger partial charge in [-0.25, -0.2) is 0 Å². The van der Waals surface area contributed by atoms with Gasteiger partial charge in [-0.1, -0.05) is 25.5 Å². The first kappa shape index (κ1) is 11.4. The number of carbonyl (C=O) groups is 1. The lowest BCUT2D eigenvalue weighted by molar-refractivity contribution is 0.100. The summed E-state index contributed by atoms with van der Waals surface area (Å²) in [5.41, 5.74) is 9.56. The van der Waals surface area contributed by atoms with Gasteiger partial charge in [0, 0.05) is 11.9 Å². The van der Waals surface area contributed by atoms with Crippen molar-refractivity contribution >= 4 is 16.8 Å². The van der Waals surface area contributed by atoms with E-state index in [1.54, 1.807) is 16.9 Å². The van der Waals surface area contributed by atoms with Gasteiger partial charge in [-0.15, -0.1) is 0 Å². The third-order valence-corrected chi connectivity index (χ3v) is 2.61. The molecule has 0 unspecified atom stereocenters. The van der Waals surface area contributed by atoms with Gasteiger partial charge in [-0.2, -0.15) is 9.89 Å². The molecular weight excluding hydrogens is 216 g/mol. The molecule has 3 N–H and O–H groups in total. The maximum Gasteiger partial charge on any atom is 0.250 e. The molecule has 0 atom stereocenters. The minimum atomic E-state index is -0.450. The number of hydrogen-bond donors (Lipinski definition) is 2. The summed E-state index contributed by atoms with van der Waals surface area (Å²) in [6, 6.07) is 5.40. The minimum absolute atomic E-state index is 0.450. The Kier molecular flexibility index (Phi) is 3.27. The van der Waals surface area contributed by atoms with Gasteiger partial charge in [0.1, 0.15) is 5.52 Å². The zero-order valence-corrected chi connectivity index (χ0v) is 9.81. The molecule has 17 heavy (non-hydrogen) atoms. The summed E-state index contributed by atoms with van der Waals surface area (Å²) in [4.78, 5) is 12.9. The molecule has 0 fully saturated rings. The molecule has 2 rings (SSSR count). The lowest BCUT2D eigenvalue weighted by atomic mass is 10.1. The Bertz CT molecular complexity index is 532. The van der Waals surface area contributed by atoms with E-state index in [1.807, 2.05) is 12.3 Å². The van der Waals surface area contributed by atoms with Crippen LogP contribution in [-0.2, 0) is 0 Å². The third kappa shape index (κ3) is 2.38. The minimum Gasteiger partial charge on any atom is -0.366 e. The molecular formula is C12H16N4O. The number of unbranched alkanes of at least 4 members (excludes halogenated alkanes) is 1. The van der Waals surface area contributed by atoms with Gasteiger partial charge >= 0.3 is 0 Å². The van der Waals surface area contributed by atoms with E-state index in [1.165, 1.54) is 0 Å². The Morgan fingerprint density at radius 3 is 3.06 bits per heavy atom. The molecule has 0 saturated heterocycles. The van der Waals surface area contributed by atoms with Crippen molar-refractivity contribution in [2.45, 2.75) is 19.8 Å². The Morgan fingerprint density at radius 1 is 1.53 bits per heavy atom. The first-order valence-electron chi connectivity index (χ1n) is 5.74. The molecule has 1 aromatic heterocycles. The first-order valence-corrected chi connectivity index (χ1v) is 5.74. The van der Waals surface area contributed by atoms with Crippen LogP contribution in [0.3, 0.4) is 0 Å². The zero-order valence-electron chi connectivity index (χ0n) is 9.81. The van der Waals surface area contributed by atoms with Crippen molar-refractivity contribution in [3.8, 4) is 0 Å². The van der Waals surface area contributed by atoms with Crippen LogP contribution in [-0.4, -0.2) is 22.3 Å². The van der Waals surface area contributed by atoms with E-state index in [4.69, 9.17) is 5.73 Å². The topological polar surface area (TPSA) is 72.9 Å². The van der Waals surface area contributed by atoms with Crippen LogP contribution in [0.4, 0.5) is 0 Å². The zero-order chi connectivity index (χ0) is 12.3. The molecule has 2 aromatic rings. The van der Waals surface area contributed by atoms with Crippen molar-refractivity contribution in [2.75, 3.05) is 12.0 Å². The molecule has 0 aliphatic rings. The number of fused-ring (bicyclic) bond motifs is 1. The van der Waals surface area contributed by atoms with E-state index in [9.17, 15) is 4.79 Å². The maximum absolute atomic E-state index is 11.2. The SMILES string of the molecule is CCCCNn1cc2cccc(C(N)=O)c2n1. The van der Waals surface area contributed by atoms with Gasteiger partial charge in [-0.3, -0.25) is 4.79 Å². The van der Waals surface area contributed by atoms with Gasteiger partial charge in [0.05, 0.1) is 11.8 Å². The Balaban J connectivity index is 2.30. The van der Waals surface area contributed by atoms with Crippen LogP contribution in [0.5, 0.6) is 0 Å². The number of carbonyl (C=O) groups excluding carboxylic acids is 1. The highest BCUT2D eigenvalue weighted by molar-refractivity contribution is 6.04. The summed E-state index contributed by atoms with van der Waals surface area (Å²) in [6.07, 6.45) is 4.07. The largest absolute Gasteiger partial charge is 0.366 e. The predicted molar refractivity (Wildman–Crippen MR) is 67.4 cm³/mol. The number of aromatic nitrogens is 2. The van der Waals surface area contributed by atoms with Crippen molar-refractivity contribution in [3.05, 3.63) is 30.0 Å². The quantitative estimate of drug-likeness (QED) is 0.767. The lowest BCUT2D eigenvalue weighted by Crippen LogP contribution is -2.16. The Hall–Kier alpha value is -2.04. The average molecular weight is 232 g/mol. The van der Waals surface area contributed by atoms with Gasteiger partial charge in [0.25, 0.3) is 5.91 Å². The molecule has 0 radical (unpaired) electrons. The summed E-state index contributed by atoms with van der Waals surface area (Å²) in [5, 5.41) is 5.22. The number of amides is 1. The van der Waals surface area contributed by atoms with Crippen LogP contribution in [0.15, 0.2) is 24.4 Å². The van der Waals surface area contributed by atoms with Crippen molar-refractivity contribution in [2.24, 2.45) is 5.73 Å². The highest BCUT2D eigenvalue weighted by Crippen LogP contribution is 2.15. The molecule has 0 aliphatic heterocycles. The molecule has 0 spiro atoms. The molecule has 0 aliphatic carbocycles. The van der Waals surface area contributed by atoms with Gasteiger partial charge < -0.3 is 11.2 Å². The van der Waals surface area contributed by atoms with Gasteiger partial charge in [0.2, 0.25) is 0 Å². The first-order chi connectivity index (χ1) is 8.22. The lowest BCUT2D eigenvalue weighted by Gasteiger charge is -2.03. The van der Waals surface area contributed by atoms with E-state index in [-0.39, 0.29) is 0 Å². The molecule has 1 amide bonds. The third-order valence-electron chi connectivity index (χ3n) is 2.61. The second-order valence-corrected chi connectivity index (χ2v) is 3.94. The number of nitrogens with two attached hydrogens (primary N) is 1. The summed E-state index contributed by atoms with van der Waals surface area (Å²) in [6.45, 7) is 2.99. The van der Waals surface area contributed by atoms with Crippen LogP contribution in [0.2, 0.25) is 0 Å². The summed E-state index contributed by atoms with van der Waals surface area (Å²) in [7, 11) is 0. The highest BCUT2D eigenvalue weighted by Gasteiger charge is 2.09. The average Bonchev–Trinajstić information content (AvgIpc) is 2.71. The highest BCUT2D eigenvalue weighted by atomic mass is 16.1. The molecule has 5 heteroatoms. The molecule has 0 saturated carbocycles. The number of nitrogens with one attached hydrogen (secondary N) is 1. The monoisotopic (exact) mass is 232 g/mol. The fourth-order valence-corrected chi connectivity index (χ4v) is 1.70. The summed E-state index contributed by atoms with van der Waals surface area (Å²) in [5.74, 6) is -0.450. The van der Waals surface area contributed by atoms with Crippen molar-refractivity contribution in [1.82, 2.24) is 9.89 Å². The fraction of sp³-hybridized carbons (Fsp3) is 0.333. The van der Waals surface area contributed by atoms with E-state index in [2.05, 4.69) is 17.4 Å². The number of nitrogens with zero attached hydrogens (tertiary/aromatic N) is 2. The smallest absolute Gasteiger partial charge is 0.250 e. The van der Waals surface area contributed by atoms with Crippen LogP contribution >= 0.6 is 0 Å². The van der Waals surface area contributed by atoms with E-state index < -0.39 is 5.91 Å². The van der Waals surface area contributed by atoms with Gasteiger partial charge in [-0.05, 0) is 12.5 Å². The molecule has 0 bridgehead atoms. The number of benzene rings is 1. The van der Waals surface area contributed by atoms with E-state index in [0.717, 1.165) is 24.8 Å². The number of hydrogen-bond acceptors (Lipinski definition) is 3. The summed E-state index contributed by atoms with van der Waals surface area (Å²) < 4.78 is 0. The van der Waals surface area contributed by atoms with Crippen molar-refractivity contribution in [3.63, 3.8) is 0 Å². The number of primary amides is 1. The molecule has 90 valence electrons. The second-order valence-electron chi connectivity index (χ2n) is 3.94. The standard InChI is InChI=1S/C12H16N4O/c1-2-3-7-14-16-8-9-5-4-6-10(12(13)17)11(9)15-16/h4-6,8,14H,2-3,7H2,1H3,(H2,13,17). The Morgan fingerprint density at radius 2 is 2.35 bits per heavy atom. The van der Waals surface area contributed by atoms with Crippen LogP contribution in [0.1, 0.15) is 30.1 Å². The van der Waals surface area contributed by atoms with Crippen LogP contribution in [0.25, 0.3) is 10.9 Å². The summed E-state index contributed by atoms with van der Waals surface area (Å²) >= 11 is 0. The molecule has 5 nitrogen and oxygen atoms in total. The maximum atomic E-state index is 11.2. The molecule has 1 aromatic carbocycles. The number of rotatable bonds is 5.